The Hall–Kier alpha value is -3.26. The number of nitrogens with zero attached hydrogens (tertiary/aromatic N) is 4. The Balaban J connectivity index is 1.75. The van der Waals surface area contributed by atoms with Gasteiger partial charge in [-0.1, -0.05) is 6.08 Å². The molecule has 1 aliphatic heterocycles. The summed E-state index contributed by atoms with van der Waals surface area (Å²) in [6.07, 6.45) is 10.3. The predicted molar refractivity (Wildman–Crippen MR) is 108 cm³/mol. The second-order valence-electron chi connectivity index (χ2n) is 6.60. The summed E-state index contributed by atoms with van der Waals surface area (Å²) in [5.41, 5.74) is -1.24. The molecule has 5 nitrogen and oxygen atoms in total. The molecule has 1 unspecified atom stereocenters. The first-order chi connectivity index (χ1) is 14.3. The van der Waals surface area contributed by atoms with Gasteiger partial charge in [0.05, 0.1) is 12.2 Å². The second kappa shape index (κ2) is 7.87. The Labute approximate surface area is 175 Å². The number of ether oxygens (including phenoxy) is 1. The van der Waals surface area contributed by atoms with Gasteiger partial charge in [0, 0.05) is 54.1 Å². The van der Waals surface area contributed by atoms with Crippen molar-refractivity contribution in [1.29, 1.82) is 0 Å². The van der Waals surface area contributed by atoms with Gasteiger partial charge in [0.15, 0.2) is 0 Å². The third-order valence-electron chi connectivity index (χ3n) is 4.57. The minimum atomic E-state index is -3.79. The fraction of sp³-hybridized carbons (Fsp3) is 0.143. The molecule has 1 aromatic carbocycles. The van der Waals surface area contributed by atoms with Crippen molar-refractivity contribution in [3.05, 3.63) is 90.4 Å². The average Bonchev–Trinajstić information content (AvgIpc) is 3.13. The van der Waals surface area contributed by atoms with Gasteiger partial charge in [-0.3, -0.25) is 4.68 Å². The van der Waals surface area contributed by atoms with E-state index in [1.54, 1.807) is 48.3 Å². The molecule has 0 bridgehead atoms. The van der Waals surface area contributed by atoms with Gasteiger partial charge in [0.2, 0.25) is 5.95 Å². The zero-order chi connectivity index (χ0) is 21.3. The summed E-state index contributed by atoms with van der Waals surface area (Å²) < 4.78 is 46.3. The molecule has 0 amide bonds. The van der Waals surface area contributed by atoms with Gasteiger partial charge < -0.3 is 9.64 Å². The van der Waals surface area contributed by atoms with Crippen molar-refractivity contribution < 1.29 is 17.9 Å². The lowest BCUT2D eigenvalue weighted by molar-refractivity contribution is -0.0964. The summed E-state index contributed by atoms with van der Waals surface area (Å²) >= 11 is 4.83. The van der Waals surface area contributed by atoms with Crippen LogP contribution in [0.1, 0.15) is 17.2 Å². The first kappa shape index (κ1) is 20.0. The van der Waals surface area contributed by atoms with Crippen LogP contribution in [-0.4, -0.2) is 20.3 Å². The highest BCUT2D eigenvalue weighted by atomic mass is 35.5. The van der Waals surface area contributed by atoms with Gasteiger partial charge in [-0.25, -0.2) is 4.98 Å². The largest absolute Gasteiger partial charge is 0.487 e. The number of pyridine rings is 1. The van der Waals surface area contributed by atoms with E-state index in [1.807, 2.05) is 23.4 Å². The molecule has 0 saturated heterocycles. The maximum absolute atomic E-state index is 14.5. The Morgan fingerprint density at radius 3 is 2.57 bits per heavy atom. The monoisotopic (exact) mass is 432 g/mol. The van der Waals surface area contributed by atoms with Gasteiger partial charge in [-0.15, -0.1) is 8.78 Å². The van der Waals surface area contributed by atoms with Crippen LogP contribution in [0.5, 0.6) is 5.75 Å². The van der Waals surface area contributed by atoms with Crippen LogP contribution in [0.3, 0.4) is 0 Å². The number of allylic oxidation sites excluding steroid dienone is 2. The molecule has 3 heterocycles. The Morgan fingerprint density at radius 1 is 1.17 bits per heavy atom. The van der Waals surface area contributed by atoms with Crippen LogP contribution < -0.4 is 9.64 Å². The van der Waals surface area contributed by atoms with E-state index in [0.29, 0.717) is 16.8 Å². The molecule has 0 spiro atoms. The van der Waals surface area contributed by atoms with Crippen molar-refractivity contribution in [1.82, 2.24) is 14.8 Å². The van der Waals surface area contributed by atoms with E-state index in [9.17, 15) is 13.2 Å². The normalized spacial score (nSPS) is 16.5. The molecule has 154 valence electrons. The number of halogens is 4. The van der Waals surface area contributed by atoms with E-state index in [0.717, 1.165) is 5.56 Å². The fourth-order valence-corrected chi connectivity index (χ4v) is 3.47. The lowest BCUT2D eigenvalue weighted by Crippen LogP contribution is -2.26. The Kier molecular flexibility index (Phi) is 5.26. The molecule has 0 fully saturated rings. The van der Waals surface area contributed by atoms with Crippen LogP contribution in [-0.2, 0) is 7.05 Å². The minimum absolute atomic E-state index is 0.0771. The standard InChI is InChI=1S/C21H16ClF3N4O/c1-28-13-14(12-27-28)19-17(18-4-2-10-26-20(18)23)5-3-11-29(19)15-6-8-16(9-7-15)30-21(22,24)25/h2-13,19H,1H3. The topological polar surface area (TPSA) is 43.2 Å². The third kappa shape index (κ3) is 4.18. The molecule has 3 aromatic rings. The van der Waals surface area contributed by atoms with Crippen LogP contribution in [0.25, 0.3) is 5.57 Å². The van der Waals surface area contributed by atoms with Crippen molar-refractivity contribution in [2.24, 2.45) is 7.05 Å². The molecule has 1 atom stereocenters. The van der Waals surface area contributed by atoms with Gasteiger partial charge in [0.25, 0.3) is 0 Å². The highest BCUT2D eigenvalue weighted by Gasteiger charge is 2.30. The first-order valence-electron chi connectivity index (χ1n) is 8.94. The highest BCUT2D eigenvalue weighted by molar-refractivity contribution is 6.20. The molecule has 0 N–H and O–H groups in total. The number of aryl methyl sites for hydroxylation is 1. The molecule has 9 heteroatoms. The van der Waals surface area contributed by atoms with Crippen molar-refractivity contribution in [2.45, 2.75) is 11.6 Å². The molecule has 0 saturated carbocycles. The van der Waals surface area contributed by atoms with Crippen LogP contribution in [0, 0.1) is 5.95 Å². The second-order valence-corrected chi connectivity index (χ2v) is 7.04. The number of hydrogen-bond acceptors (Lipinski definition) is 4. The van der Waals surface area contributed by atoms with Gasteiger partial charge in [-0.2, -0.15) is 9.49 Å². The van der Waals surface area contributed by atoms with Crippen LogP contribution in [0.2, 0.25) is 0 Å². The number of alkyl halides is 3. The molecular formula is C21H16ClF3N4O. The summed E-state index contributed by atoms with van der Waals surface area (Å²) in [6.45, 7) is 0. The SMILES string of the molecule is Cn1cc(C2C(c3cccnc3F)=CC=CN2c2ccc(OC(F)(F)Cl)cc2)cn1. The van der Waals surface area contributed by atoms with Crippen molar-refractivity contribution >= 4 is 22.9 Å². The van der Waals surface area contributed by atoms with Gasteiger partial charge in [-0.05, 0) is 48.0 Å². The summed E-state index contributed by atoms with van der Waals surface area (Å²) in [4.78, 5) is 5.65. The molecule has 0 radical (unpaired) electrons. The summed E-state index contributed by atoms with van der Waals surface area (Å²) in [6, 6.07) is 8.94. The van der Waals surface area contributed by atoms with Crippen LogP contribution >= 0.6 is 11.6 Å². The zero-order valence-electron chi connectivity index (χ0n) is 15.7. The first-order valence-corrected chi connectivity index (χ1v) is 9.31. The maximum atomic E-state index is 14.5. The number of benzene rings is 1. The van der Waals surface area contributed by atoms with Crippen molar-refractivity contribution in [3.63, 3.8) is 0 Å². The van der Waals surface area contributed by atoms with Crippen molar-refractivity contribution in [2.75, 3.05) is 4.90 Å². The highest BCUT2D eigenvalue weighted by Crippen LogP contribution is 2.41. The van der Waals surface area contributed by atoms with E-state index in [-0.39, 0.29) is 5.75 Å². The minimum Gasteiger partial charge on any atom is -0.420 e. The number of rotatable bonds is 5. The molecular weight excluding hydrogens is 417 g/mol. The number of hydrogen-bond donors (Lipinski definition) is 0. The van der Waals surface area contributed by atoms with Crippen LogP contribution in [0.15, 0.2) is 73.3 Å². The fourth-order valence-electron chi connectivity index (χ4n) is 3.38. The van der Waals surface area contributed by atoms with Gasteiger partial charge in [0.1, 0.15) is 5.75 Å². The zero-order valence-corrected chi connectivity index (χ0v) is 16.5. The molecule has 1 aliphatic rings. The van der Waals surface area contributed by atoms with E-state index in [2.05, 4.69) is 14.8 Å². The lowest BCUT2D eigenvalue weighted by Gasteiger charge is -2.34. The van der Waals surface area contributed by atoms with E-state index in [4.69, 9.17) is 11.6 Å². The number of aromatic nitrogens is 3. The molecule has 4 rings (SSSR count). The van der Waals surface area contributed by atoms with E-state index >= 15 is 0 Å². The summed E-state index contributed by atoms with van der Waals surface area (Å²) in [7, 11) is 1.79. The maximum Gasteiger partial charge on any atom is 0.487 e. The third-order valence-corrected chi connectivity index (χ3v) is 4.65. The number of anilines is 1. The molecule has 2 aromatic heterocycles. The van der Waals surface area contributed by atoms with E-state index < -0.39 is 17.6 Å². The Bertz CT molecular complexity index is 1110. The van der Waals surface area contributed by atoms with Gasteiger partial charge >= 0.3 is 5.57 Å². The Morgan fingerprint density at radius 2 is 1.93 bits per heavy atom. The predicted octanol–water partition coefficient (Wildman–Crippen LogP) is 5.28. The van der Waals surface area contributed by atoms with Crippen LogP contribution in [0.4, 0.5) is 18.9 Å². The average molecular weight is 433 g/mol. The molecule has 30 heavy (non-hydrogen) atoms. The smallest absolute Gasteiger partial charge is 0.420 e. The van der Waals surface area contributed by atoms with Crippen molar-refractivity contribution in [3.8, 4) is 5.75 Å². The molecule has 0 aliphatic carbocycles. The summed E-state index contributed by atoms with van der Waals surface area (Å²) in [5.74, 6) is -0.660. The van der Waals surface area contributed by atoms with E-state index in [1.165, 1.54) is 18.3 Å². The lowest BCUT2D eigenvalue weighted by atomic mass is 9.91. The quantitative estimate of drug-likeness (QED) is 0.406. The summed E-state index contributed by atoms with van der Waals surface area (Å²) in [5, 5.41) is 4.24.